The van der Waals surface area contributed by atoms with Crippen molar-refractivity contribution in [1.82, 2.24) is 10.2 Å². The Morgan fingerprint density at radius 1 is 1.47 bits per heavy atom. The zero-order valence-electron chi connectivity index (χ0n) is 10.3. The van der Waals surface area contributed by atoms with Crippen molar-refractivity contribution in [2.24, 2.45) is 5.73 Å². The predicted octanol–water partition coefficient (Wildman–Crippen LogP) is 0.769. The zero-order chi connectivity index (χ0) is 12.9. The molecule has 6 heteroatoms. The Labute approximate surface area is 100 Å². The van der Waals surface area contributed by atoms with E-state index in [4.69, 9.17) is 10.5 Å². The van der Waals surface area contributed by atoms with Gasteiger partial charge in [-0.1, -0.05) is 6.92 Å². The first-order valence-electron chi connectivity index (χ1n) is 5.32. The summed E-state index contributed by atoms with van der Waals surface area (Å²) in [5.74, 6) is -0.191. The van der Waals surface area contributed by atoms with Crippen molar-refractivity contribution in [1.29, 1.82) is 0 Å². The number of aromatic nitrogens is 2. The summed E-state index contributed by atoms with van der Waals surface area (Å²) in [6.07, 6.45) is 0.792. The van der Waals surface area contributed by atoms with E-state index in [1.54, 1.807) is 6.07 Å². The maximum Gasteiger partial charge on any atom is 0.358 e. The average Bonchev–Trinajstić information content (AvgIpc) is 2.36. The summed E-state index contributed by atoms with van der Waals surface area (Å²) in [5.41, 5.74) is 5.66. The second-order valence-electron chi connectivity index (χ2n) is 4.04. The summed E-state index contributed by atoms with van der Waals surface area (Å²) < 4.78 is 9.88. The first-order chi connectivity index (χ1) is 7.98. The molecule has 1 unspecified atom stereocenters. The van der Waals surface area contributed by atoms with Crippen LogP contribution in [0.4, 0.5) is 0 Å². The number of nitrogens with zero attached hydrogens (tertiary/aromatic N) is 2. The SMILES string of the molecule is CCC(C)(N)COc1ccc(C(=O)OC)nn1. The highest BCUT2D eigenvalue weighted by Gasteiger charge is 2.17. The van der Waals surface area contributed by atoms with Gasteiger partial charge in [-0.15, -0.1) is 10.2 Å². The molecule has 94 valence electrons. The molecule has 1 atom stereocenters. The minimum atomic E-state index is -0.527. The number of methoxy groups -OCH3 is 1. The number of hydrogen-bond donors (Lipinski definition) is 1. The second kappa shape index (κ2) is 5.58. The lowest BCUT2D eigenvalue weighted by molar-refractivity contribution is 0.0592. The normalized spacial score (nSPS) is 13.9. The van der Waals surface area contributed by atoms with E-state index in [0.717, 1.165) is 6.42 Å². The van der Waals surface area contributed by atoms with Crippen LogP contribution in [0.25, 0.3) is 0 Å². The molecule has 0 aliphatic rings. The van der Waals surface area contributed by atoms with Crippen molar-refractivity contribution in [2.45, 2.75) is 25.8 Å². The fourth-order valence-corrected chi connectivity index (χ4v) is 0.951. The number of carbonyl (C=O) groups is 1. The van der Waals surface area contributed by atoms with Gasteiger partial charge in [0.05, 0.1) is 7.11 Å². The Balaban J connectivity index is 2.60. The van der Waals surface area contributed by atoms with Gasteiger partial charge in [-0.25, -0.2) is 4.79 Å². The fourth-order valence-electron chi connectivity index (χ4n) is 0.951. The van der Waals surface area contributed by atoms with E-state index in [1.807, 2.05) is 13.8 Å². The topological polar surface area (TPSA) is 87.3 Å². The van der Waals surface area contributed by atoms with Crippen LogP contribution in [0.1, 0.15) is 30.8 Å². The van der Waals surface area contributed by atoms with Gasteiger partial charge in [0, 0.05) is 11.6 Å². The van der Waals surface area contributed by atoms with Crippen LogP contribution in [-0.4, -0.2) is 35.4 Å². The lowest BCUT2D eigenvalue weighted by atomic mass is 10.0. The van der Waals surface area contributed by atoms with Crippen molar-refractivity contribution in [2.75, 3.05) is 13.7 Å². The number of hydrogen-bond acceptors (Lipinski definition) is 6. The summed E-state index contributed by atoms with van der Waals surface area (Å²) in [7, 11) is 1.29. The van der Waals surface area contributed by atoms with Gasteiger partial charge in [0.15, 0.2) is 5.69 Å². The number of nitrogens with two attached hydrogens (primary N) is 1. The molecule has 2 N–H and O–H groups in total. The Morgan fingerprint density at radius 3 is 2.65 bits per heavy atom. The Morgan fingerprint density at radius 2 is 2.18 bits per heavy atom. The Kier molecular flexibility index (Phi) is 4.39. The van der Waals surface area contributed by atoms with Gasteiger partial charge >= 0.3 is 5.97 Å². The summed E-state index contributed by atoms with van der Waals surface area (Å²) >= 11 is 0. The largest absolute Gasteiger partial charge is 0.475 e. The molecule has 0 saturated heterocycles. The quantitative estimate of drug-likeness (QED) is 0.763. The molecule has 0 bridgehead atoms. The van der Waals surface area contributed by atoms with Crippen LogP contribution in [0.2, 0.25) is 0 Å². The first-order valence-corrected chi connectivity index (χ1v) is 5.32. The van der Waals surface area contributed by atoms with E-state index in [2.05, 4.69) is 14.9 Å². The van der Waals surface area contributed by atoms with E-state index in [1.165, 1.54) is 13.2 Å². The molecule has 0 amide bonds. The van der Waals surface area contributed by atoms with Gasteiger partial charge in [-0.3, -0.25) is 0 Å². The lowest BCUT2D eigenvalue weighted by Crippen LogP contribution is -2.41. The maximum atomic E-state index is 11.1. The third kappa shape index (κ3) is 3.99. The summed E-state index contributed by atoms with van der Waals surface area (Å²) in [6, 6.07) is 3.05. The summed E-state index contributed by atoms with van der Waals surface area (Å²) in [4.78, 5) is 11.1. The third-order valence-corrected chi connectivity index (χ3v) is 2.39. The third-order valence-electron chi connectivity index (χ3n) is 2.39. The number of rotatable bonds is 5. The van der Waals surface area contributed by atoms with Crippen molar-refractivity contribution in [3.05, 3.63) is 17.8 Å². The number of carbonyl (C=O) groups excluding carboxylic acids is 1. The van der Waals surface area contributed by atoms with Crippen LogP contribution < -0.4 is 10.5 Å². The molecule has 0 aromatic carbocycles. The molecule has 0 aliphatic heterocycles. The molecule has 17 heavy (non-hydrogen) atoms. The van der Waals surface area contributed by atoms with E-state index in [-0.39, 0.29) is 5.69 Å². The minimum Gasteiger partial charge on any atom is -0.475 e. The Bertz CT molecular complexity index is 376. The minimum absolute atomic E-state index is 0.144. The second-order valence-corrected chi connectivity index (χ2v) is 4.04. The van der Waals surface area contributed by atoms with Crippen LogP contribution in [0, 0.1) is 0 Å². The molecule has 0 aliphatic carbocycles. The standard InChI is InChI=1S/C11H17N3O3/c1-4-11(2,12)7-17-9-6-5-8(13-14-9)10(15)16-3/h5-6H,4,7,12H2,1-3H3. The van der Waals surface area contributed by atoms with Crippen LogP contribution in [0.3, 0.4) is 0 Å². The molecule has 1 heterocycles. The van der Waals surface area contributed by atoms with E-state index < -0.39 is 11.5 Å². The molecule has 0 saturated carbocycles. The van der Waals surface area contributed by atoms with Gasteiger partial charge in [0.25, 0.3) is 0 Å². The maximum absolute atomic E-state index is 11.1. The molecule has 1 aromatic rings. The van der Waals surface area contributed by atoms with Crippen molar-refractivity contribution in [3.8, 4) is 5.88 Å². The van der Waals surface area contributed by atoms with Crippen LogP contribution in [0.5, 0.6) is 5.88 Å². The van der Waals surface area contributed by atoms with E-state index >= 15 is 0 Å². The monoisotopic (exact) mass is 239 g/mol. The highest BCUT2D eigenvalue weighted by molar-refractivity contribution is 5.86. The highest BCUT2D eigenvalue weighted by atomic mass is 16.5. The smallest absolute Gasteiger partial charge is 0.358 e. The van der Waals surface area contributed by atoms with Crippen molar-refractivity contribution >= 4 is 5.97 Å². The molecule has 0 radical (unpaired) electrons. The highest BCUT2D eigenvalue weighted by Crippen LogP contribution is 2.10. The van der Waals surface area contributed by atoms with E-state index in [0.29, 0.717) is 12.5 Å². The predicted molar refractivity (Wildman–Crippen MR) is 61.7 cm³/mol. The zero-order valence-corrected chi connectivity index (χ0v) is 10.3. The Hall–Kier alpha value is -1.69. The molecule has 0 fully saturated rings. The van der Waals surface area contributed by atoms with Crippen LogP contribution >= 0.6 is 0 Å². The van der Waals surface area contributed by atoms with Crippen LogP contribution in [-0.2, 0) is 4.74 Å². The summed E-state index contributed by atoms with van der Waals surface area (Å²) in [6.45, 7) is 4.22. The van der Waals surface area contributed by atoms with Gasteiger partial charge < -0.3 is 15.2 Å². The van der Waals surface area contributed by atoms with Crippen molar-refractivity contribution < 1.29 is 14.3 Å². The lowest BCUT2D eigenvalue weighted by Gasteiger charge is -2.22. The van der Waals surface area contributed by atoms with Gasteiger partial charge in [-0.2, -0.15) is 0 Å². The molecule has 1 aromatic heterocycles. The van der Waals surface area contributed by atoms with Crippen molar-refractivity contribution in [3.63, 3.8) is 0 Å². The fraction of sp³-hybridized carbons (Fsp3) is 0.545. The van der Waals surface area contributed by atoms with Crippen LogP contribution in [0.15, 0.2) is 12.1 Å². The number of ether oxygens (including phenoxy) is 2. The summed E-state index contributed by atoms with van der Waals surface area (Å²) in [5, 5.41) is 7.44. The molecule has 6 nitrogen and oxygen atoms in total. The van der Waals surface area contributed by atoms with E-state index in [9.17, 15) is 4.79 Å². The first kappa shape index (κ1) is 13.4. The molecular weight excluding hydrogens is 222 g/mol. The van der Waals surface area contributed by atoms with Gasteiger partial charge in [0.1, 0.15) is 6.61 Å². The molecule has 0 spiro atoms. The molecular formula is C11H17N3O3. The van der Waals surface area contributed by atoms with Gasteiger partial charge in [0.2, 0.25) is 5.88 Å². The molecule has 1 rings (SSSR count). The number of esters is 1. The van der Waals surface area contributed by atoms with Gasteiger partial charge in [-0.05, 0) is 19.4 Å². The average molecular weight is 239 g/mol.